The normalized spacial score (nSPS) is 13.3. The predicted molar refractivity (Wildman–Crippen MR) is 111 cm³/mol. The maximum Gasteiger partial charge on any atom is 0.252 e. The van der Waals surface area contributed by atoms with Gasteiger partial charge in [-0.05, 0) is 31.0 Å². The molecule has 1 fully saturated rings. The first-order valence-corrected chi connectivity index (χ1v) is 10.4. The first-order chi connectivity index (χ1) is 14.1. The molecule has 4 rings (SSSR count). The summed E-state index contributed by atoms with van der Waals surface area (Å²) in [7, 11) is 0. The van der Waals surface area contributed by atoms with E-state index in [2.05, 4.69) is 15.6 Å². The summed E-state index contributed by atoms with van der Waals surface area (Å²) >= 11 is 1.25. The second kappa shape index (κ2) is 8.61. The second-order valence-corrected chi connectivity index (χ2v) is 7.93. The zero-order chi connectivity index (χ0) is 20.2. The highest BCUT2D eigenvalue weighted by molar-refractivity contribution is 7.99. The number of hydrogen-bond donors (Lipinski definition) is 2. The van der Waals surface area contributed by atoms with E-state index in [1.165, 1.54) is 17.8 Å². The second-order valence-electron chi connectivity index (χ2n) is 6.93. The Hall–Kier alpha value is -2.93. The van der Waals surface area contributed by atoms with Crippen molar-refractivity contribution in [2.45, 2.75) is 30.5 Å². The quantitative estimate of drug-likeness (QED) is 0.584. The van der Waals surface area contributed by atoms with E-state index < -0.39 is 0 Å². The zero-order valence-electron chi connectivity index (χ0n) is 15.7. The third-order valence-corrected chi connectivity index (χ3v) is 5.55. The number of aromatic nitrogens is 1. The summed E-state index contributed by atoms with van der Waals surface area (Å²) in [6.45, 7) is 0.131. The van der Waals surface area contributed by atoms with Crippen molar-refractivity contribution >= 4 is 34.5 Å². The molecule has 148 valence electrons. The summed E-state index contributed by atoms with van der Waals surface area (Å²) in [5.41, 5.74) is 1.72. The summed E-state index contributed by atoms with van der Waals surface area (Å²) in [4.78, 5) is 29.4. The van der Waals surface area contributed by atoms with Gasteiger partial charge in [-0.1, -0.05) is 48.2 Å². The Kier molecular flexibility index (Phi) is 5.76. The average Bonchev–Trinajstić information content (AvgIpc) is 3.55. The SMILES string of the molecule is O=C(CSc1cc(C(=O)NC2CC2)c2ccccc2n1)NCc1ccccc1F. The minimum absolute atomic E-state index is 0.114. The number of hydrogen-bond acceptors (Lipinski definition) is 4. The third-order valence-electron chi connectivity index (χ3n) is 4.63. The van der Waals surface area contributed by atoms with Crippen molar-refractivity contribution in [3.8, 4) is 0 Å². The zero-order valence-corrected chi connectivity index (χ0v) is 16.5. The maximum atomic E-state index is 13.6. The van der Waals surface area contributed by atoms with Gasteiger partial charge < -0.3 is 10.6 Å². The van der Waals surface area contributed by atoms with Crippen LogP contribution in [-0.4, -0.2) is 28.6 Å². The van der Waals surface area contributed by atoms with Crippen molar-refractivity contribution in [2.24, 2.45) is 0 Å². The molecule has 1 aromatic heterocycles. The monoisotopic (exact) mass is 409 g/mol. The van der Waals surface area contributed by atoms with Crippen molar-refractivity contribution < 1.29 is 14.0 Å². The standard InChI is InChI=1S/C22H20FN3O2S/c23-18-7-3-1-5-14(18)12-24-20(27)13-29-21-11-17(22(28)25-15-9-10-15)16-6-2-4-8-19(16)26-21/h1-8,11,15H,9-10,12-13H2,(H,24,27)(H,25,28). The molecule has 29 heavy (non-hydrogen) atoms. The van der Waals surface area contributed by atoms with E-state index in [9.17, 15) is 14.0 Å². The molecule has 1 saturated carbocycles. The van der Waals surface area contributed by atoms with Crippen molar-refractivity contribution in [3.05, 3.63) is 71.5 Å². The number of carbonyl (C=O) groups is 2. The lowest BCUT2D eigenvalue weighted by Crippen LogP contribution is -2.26. The van der Waals surface area contributed by atoms with Crippen LogP contribution >= 0.6 is 11.8 Å². The van der Waals surface area contributed by atoms with Gasteiger partial charge in [-0.3, -0.25) is 9.59 Å². The Balaban J connectivity index is 1.44. The van der Waals surface area contributed by atoms with Gasteiger partial charge in [0.05, 0.1) is 21.9 Å². The van der Waals surface area contributed by atoms with Gasteiger partial charge in [-0.2, -0.15) is 0 Å². The van der Waals surface area contributed by atoms with Crippen LogP contribution in [0.3, 0.4) is 0 Å². The van der Waals surface area contributed by atoms with Crippen LogP contribution in [0.15, 0.2) is 59.6 Å². The van der Waals surface area contributed by atoms with Crippen LogP contribution in [0.5, 0.6) is 0 Å². The fourth-order valence-corrected chi connectivity index (χ4v) is 3.67. The number of para-hydroxylation sites is 1. The maximum absolute atomic E-state index is 13.6. The molecule has 2 aromatic carbocycles. The molecule has 3 aromatic rings. The first kappa shape index (κ1) is 19.4. The molecule has 0 spiro atoms. The molecule has 2 N–H and O–H groups in total. The van der Waals surface area contributed by atoms with Gasteiger partial charge in [0.15, 0.2) is 0 Å². The van der Waals surface area contributed by atoms with Crippen molar-refractivity contribution in [2.75, 3.05) is 5.75 Å². The molecule has 7 heteroatoms. The Labute approximate surface area is 172 Å². The van der Waals surface area contributed by atoms with Crippen LogP contribution in [0.25, 0.3) is 10.9 Å². The van der Waals surface area contributed by atoms with Gasteiger partial charge in [0.2, 0.25) is 5.91 Å². The Bertz CT molecular complexity index is 1070. The van der Waals surface area contributed by atoms with E-state index in [4.69, 9.17) is 0 Å². The van der Waals surface area contributed by atoms with E-state index in [1.807, 2.05) is 24.3 Å². The molecule has 2 amide bonds. The van der Waals surface area contributed by atoms with Gasteiger partial charge in [0, 0.05) is 23.5 Å². The highest BCUT2D eigenvalue weighted by atomic mass is 32.2. The van der Waals surface area contributed by atoms with Crippen LogP contribution in [0.1, 0.15) is 28.8 Å². The number of benzene rings is 2. The van der Waals surface area contributed by atoms with Crippen molar-refractivity contribution in [1.82, 2.24) is 15.6 Å². The molecule has 0 saturated heterocycles. The lowest BCUT2D eigenvalue weighted by molar-refractivity contribution is -0.118. The Morgan fingerprint density at radius 1 is 1.10 bits per heavy atom. The molecule has 0 unspecified atom stereocenters. The molecular formula is C22H20FN3O2S. The number of rotatable bonds is 7. The molecule has 0 bridgehead atoms. The van der Waals surface area contributed by atoms with Crippen LogP contribution in [0, 0.1) is 5.82 Å². The molecule has 1 heterocycles. The fraction of sp³-hybridized carbons (Fsp3) is 0.227. The lowest BCUT2D eigenvalue weighted by atomic mass is 10.1. The number of thioether (sulfide) groups is 1. The minimum Gasteiger partial charge on any atom is -0.351 e. The molecule has 0 atom stereocenters. The van der Waals surface area contributed by atoms with E-state index in [1.54, 1.807) is 24.3 Å². The van der Waals surface area contributed by atoms with E-state index in [0.29, 0.717) is 21.7 Å². The molecule has 1 aliphatic rings. The number of amides is 2. The number of pyridine rings is 1. The van der Waals surface area contributed by atoms with Crippen LogP contribution < -0.4 is 10.6 Å². The number of carbonyl (C=O) groups excluding carboxylic acids is 2. The lowest BCUT2D eigenvalue weighted by Gasteiger charge is -2.10. The smallest absolute Gasteiger partial charge is 0.252 e. The van der Waals surface area contributed by atoms with E-state index in [0.717, 1.165) is 18.2 Å². The largest absolute Gasteiger partial charge is 0.351 e. The summed E-state index contributed by atoms with van der Waals surface area (Å²) < 4.78 is 13.6. The van der Waals surface area contributed by atoms with Crippen LogP contribution in [0.2, 0.25) is 0 Å². The topological polar surface area (TPSA) is 71.1 Å². The Morgan fingerprint density at radius 3 is 2.66 bits per heavy atom. The number of nitrogens with one attached hydrogen (secondary N) is 2. The highest BCUT2D eigenvalue weighted by Crippen LogP contribution is 2.26. The summed E-state index contributed by atoms with van der Waals surface area (Å²) in [5.74, 6) is -0.555. The van der Waals surface area contributed by atoms with Crippen molar-refractivity contribution in [1.29, 1.82) is 0 Å². The highest BCUT2D eigenvalue weighted by Gasteiger charge is 2.25. The van der Waals surface area contributed by atoms with Crippen molar-refractivity contribution in [3.63, 3.8) is 0 Å². The summed E-state index contributed by atoms with van der Waals surface area (Å²) in [5, 5.41) is 7.11. The molecule has 0 aliphatic heterocycles. The van der Waals surface area contributed by atoms with E-state index >= 15 is 0 Å². The van der Waals surface area contributed by atoms with Gasteiger partial charge in [0.1, 0.15) is 5.82 Å². The van der Waals surface area contributed by atoms with Gasteiger partial charge in [0.25, 0.3) is 5.91 Å². The number of halogens is 1. The molecule has 1 aliphatic carbocycles. The third kappa shape index (κ3) is 4.92. The number of fused-ring (bicyclic) bond motifs is 1. The molecule has 5 nitrogen and oxygen atoms in total. The fourth-order valence-electron chi connectivity index (χ4n) is 2.93. The van der Waals surface area contributed by atoms with E-state index in [-0.39, 0.29) is 36.0 Å². The summed E-state index contributed by atoms with van der Waals surface area (Å²) in [6.07, 6.45) is 2.02. The molecule has 0 radical (unpaired) electrons. The average molecular weight is 409 g/mol. The Morgan fingerprint density at radius 2 is 1.86 bits per heavy atom. The van der Waals surface area contributed by atoms with Gasteiger partial charge >= 0.3 is 0 Å². The molecular weight excluding hydrogens is 389 g/mol. The number of nitrogens with zero attached hydrogens (tertiary/aromatic N) is 1. The predicted octanol–water partition coefficient (Wildman–Crippen LogP) is 3.67. The first-order valence-electron chi connectivity index (χ1n) is 9.44. The minimum atomic E-state index is -0.344. The van der Waals surface area contributed by atoms with Gasteiger partial charge in [-0.25, -0.2) is 9.37 Å². The van der Waals surface area contributed by atoms with Gasteiger partial charge in [-0.15, -0.1) is 0 Å². The summed E-state index contributed by atoms with van der Waals surface area (Å²) in [6, 6.07) is 15.8. The van der Waals surface area contributed by atoms with Crippen LogP contribution in [0.4, 0.5) is 4.39 Å². The van der Waals surface area contributed by atoms with Crippen LogP contribution in [-0.2, 0) is 11.3 Å².